The summed E-state index contributed by atoms with van der Waals surface area (Å²) in [6, 6.07) is 14.9. The number of nitrogens with zero attached hydrogens (tertiary/aromatic N) is 1. The number of halogens is 1. The molecule has 0 saturated heterocycles. The topological polar surface area (TPSA) is 100 Å². The lowest BCUT2D eigenvalue weighted by Gasteiger charge is -2.09. The van der Waals surface area contributed by atoms with Gasteiger partial charge in [-0.3, -0.25) is 19.4 Å². The molecule has 0 radical (unpaired) electrons. The Balaban J connectivity index is 1.72. The van der Waals surface area contributed by atoms with Gasteiger partial charge >= 0.3 is 0 Å². The van der Waals surface area contributed by atoms with Crippen LogP contribution in [0.15, 0.2) is 66.9 Å². The van der Waals surface area contributed by atoms with Gasteiger partial charge < -0.3 is 16.0 Å². The molecule has 0 saturated carbocycles. The lowest BCUT2D eigenvalue weighted by atomic mass is 10.2. The lowest BCUT2D eigenvalue weighted by molar-refractivity contribution is -0.114. The Morgan fingerprint density at radius 1 is 0.793 bits per heavy atom. The number of benzene rings is 2. The van der Waals surface area contributed by atoms with Crippen LogP contribution in [0.25, 0.3) is 0 Å². The van der Waals surface area contributed by atoms with E-state index >= 15 is 0 Å². The molecule has 3 N–H and O–H groups in total. The van der Waals surface area contributed by atoms with Crippen LogP contribution in [0.1, 0.15) is 27.8 Å². The molecule has 1 aromatic heterocycles. The van der Waals surface area contributed by atoms with E-state index in [9.17, 15) is 18.8 Å². The summed E-state index contributed by atoms with van der Waals surface area (Å²) >= 11 is 0. The first-order chi connectivity index (χ1) is 13.9. The third-order valence-corrected chi connectivity index (χ3v) is 3.78. The molecule has 0 unspecified atom stereocenters. The van der Waals surface area contributed by atoms with Crippen LogP contribution >= 0.6 is 0 Å². The molecule has 0 fully saturated rings. The van der Waals surface area contributed by atoms with Crippen molar-refractivity contribution < 1.29 is 18.8 Å². The van der Waals surface area contributed by atoms with Crippen molar-refractivity contribution in [3.63, 3.8) is 0 Å². The second-order valence-corrected chi connectivity index (χ2v) is 6.11. The van der Waals surface area contributed by atoms with Gasteiger partial charge in [0.25, 0.3) is 11.8 Å². The molecule has 0 aliphatic rings. The van der Waals surface area contributed by atoms with E-state index in [1.807, 2.05) is 0 Å². The molecule has 7 nitrogen and oxygen atoms in total. The fourth-order valence-electron chi connectivity index (χ4n) is 2.54. The van der Waals surface area contributed by atoms with Gasteiger partial charge in [0, 0.05) is 35.7 Å². The number of amides is 3. The molecule has 3 aromatic rings. The smallest absolute Gasteiger partial charge is 0.274 e. The highest BCUT2D eigenvalue weighted by Gasteiger charge is 2.13. The minimum Gasteiger partial charge on any atom is -0.326 e. The number of nitrogens with one attached hydrogen (secondary N) is 3. The summed E-state index contributed by atoms with van der Waals surface area (Å²) in [4.78, 5) is 40.0. The monoisotopic (exact) mass is 392 g/mol. The van der Waals surface area contributed by atoms with Gasteiger partial charge in [-0.2, -0.15) is 0 Å². The van der Waals surface area contributed by atoms with Crippen molar-refractivity contribution in [1.29, 1.82) is 0 Å². The number of hydrogen-bond donors (Lipinski definition) is 3. The maximum Gasteiger partial charge on any atom is 0.274 e. The average Bonchev–Trinajstić information content (AvgIpc) is 2.68. The van der Waals surface area contributed by atoms with Gasteiger partial charge in [0.15, 0.2) is 0 Å². The zero-order valence-corrected chi connectivity index (χ0v) is 15.4. The first kappa shape index (κ1) is 19.7. The molecule has 1 heterocycles. The fourth-order valence-corrected chi connectivity index (χ4v) is 2.54. The molecule has 0 bridgehead atoms. The minimum absolute atomic E-state index is 0.0295. The quantitative estimate of drug-likeness (QED) is 0.617. The molecule has 146 valence electrons. The van der Waals surface area contributed by atoms with Crippen LogP contribution in [0.3, 0.4) is 0 Å². The van der Waals surface area contributed by atoms with Crippen LogP contribution < -0.4 is 16.0 Å². The minimum atomic E-state index is -0.523. The SMILES string of the molecule is CC(=O)Nc1cccc(NC(=O)c2cc(C(=O)Nc3cccc(F)c3)ccn2)c1. The molecule has 0 aliphatic carbocycles. The molecular weight excluding hydrogens is 375 g/mol. The Bertz CT molecular complexity index is 1080. The highest BCUT2D eigenvalue weighted by molar-refractivity contribution is 6.08. The summed E-state index contributed by atoms with van der Waals surface area (Å²) in [6.07, 6.45) is 1.34. The van der Waals surface area contributed by atoms with Crippen LogP contribution in [-0.4, -0.2) is 22.7 Å². The normalized spacial score (nSPS) is 10.1. The molecule has 3 rings (SSSR count). The Kier molecular flexibility index (Phi) is 5.94. The van der Waals surface area contributed by atoms with E-state index in [0.717, 1.165) is 0 Å². The van der Waals surface area contributed by atoms with Gasteiger partial charge in [0.05, 0.1) is 0 Å². The number of aromatic nitrogens is 1. The van der Waals surface area contributed by atoms with Gasteiger partial charge in [0.2, 0.25) is 5.91 Å². The van der Waals surface area contributed by atoms with Gasteiger partial charge in [0.1, 0.15) is 11.5 Å². The van der Waals surface area contributed by atoms with Crippen molar-refractivity contribution in [1.82, 2.24) is 4.98 Å². The van der Waals surface area contributed by atoms with Gasteiger partial charge in [-0.1, -0.05) is 12.1 Å². The summed E-state index contributed by atoms with van der Waals surface area (Å²) in [5.41, 5.74) is 1.51. The zero-order chi connectivity index (χ0) is 20.8. The predicted octanol–water partition coefficient (Wildman–Crippen LogP) is 3.68. The van der Waals surface area contributed by atoms with Crippen molar-refractivity contribution in [2.45, 2.75) is 6.92 Å². The van der Waals surface area contributed by atoms with Crippen LogP contribution in [0.4, 0.5) is 21.5 Å². The molecular formula is C21H17FN4O3. The second-order valence-electron chi connectivity index (χ2n) is 6.11. The number of anilines is 3. The van der Waals surface area contributed by atoms with Crippen LogP contribution in [0, 0.1) is 5.82 Å². The number of pyridine rings is 1. The summed E-state index contributed by atoms with van der Waals surface area (Å²) in [6.45, 7) is 1.38. The second kappa shape index (κ2) is 8.75. The zero-order valence-electron chi connectivity index (χ0n) is 15.4. The van der Waals surface area contributed by atoms with E-state index < -0.39 is 17.6 Å². The summed E-state index contributed by atoms with van der Waals surface area (Å²) in [5, 5.41) is 7.85. The number of hydrogen-bond acceptors (Lipinski definition) is 4. The first-order valence-electron chi connectivity index (χ1n) is 8.63. The van der Waals surface area contributed by atoms with E-state index in [0.29, 0.717) is 17.1 Å². The molecule has 8 heteroatoms. The van der Waals surface area contributed by atoms with Gasteiger partial charge in [-0.15, -0.1) is 0 Å². The molecule has 2 aromatic carbocycles. The van der Waals surface area contributed by atoms with Crippen molar-refractivity contribution in [3.8, 4) is 0 Å². The third kappa shape index (κ3) is 5.46. The average molecular weight is 392 g/mol. The van der Waals surface area contributed by atoms with Gasteiger partial charge in [-0.25, -0.2) is 4.39 Å². The Hall–Kier alpha value is -4.07. The Morgan fingerprint density at radius 3 is 2.10 bits per heavy atom. The highest BCUT2D eigenvalue weighted by Crippen LogP contribution is 2.16. The first-order valence-corrected chi connectivity index (χ1v) is 8.63. The van der Waals surface area contributed by atoms with Gasteiger partial charge in [-0.05, 0) is 48.5 Å². The third-order valence-electron chi connectivity index (χ3n) is 3.78. The molecule has 0 atom stereocenters. The highest BCUT2D eigenvalue weighted by atomic mass is 19.1. The van der Waals surface area contributed by atoms with Crippen molar-refractivity contribution in [2.24, 2.45) is 0 Å². The number of carbonyl (C=O) groups excluding carboxylic acids is 3. The largest absolute Gasteiger partial charge is 0.326 e. The van der Waals surface area contributed by atoms with Crippen molar-refractivity contribution in [2.75, 3.05) is 16.0 Å². The summed E-state index contributed by atoms with van der Waals surface area (Å²) in [5.74, 6) is -1.73. The molecule has 0 aliphatic heterocycles. The fraction of sp³-hybridized carbons (Fsp3) is 0.0476. The molecule has 29 heavy (non-hydrogen) atoms. The number of carbonyl (C=O) groups is 3. The maximum atomic E-state index is 13.3. The van der Waals surface area contributed by atoms with E-state index in [1.165, 1.54) is 43.5 Å². The maximum absolute atomic E-state index is 13.3. The molecule has 3 amide bonds. The van der Waals surface area contributed by atoms with E-state index in [2.05, 4.69) is 20.9 Å². The Morgan fingerprint density at radius 2 is 1.41 bits per heavy atom. The van der Waals surface area contributed by atoms with Crippen LogP contribution in [0.2, 0.25) is 0 Å². The van der Waals surface area contributed by atoms with Crippen LogP contribution in [0.5, 0.6) is 0 Å². The Labute approximate surface area is 166 Å². The van der Waals surface area contributed by atoms with Crippen LogP contribution in [-0.2, 0) is 4.79 Å². The molecule has 0 spiro atoms. The van der Waals surface area contributed by atoms with Crippen molar-refractivity contribution >= 4 is 34.8 Å². The van der Waals surface area contributed by atoms with E-state index in [-0.39, 0.29) is 17.2 Å². The predicted molar refractivity (Wildman–Crippen MR) is 107 cm³/mol. The summed E-state index contributed by atoms with van der Waals surface area (Å²) < 4.78 is 13.3. The van der Waals surface area contributed by atoms with Crippen molar-refractivity contribution in [3.05, 3.63) is 83.9 Å². The van der Waals surface area contributed by atoms with E-state index in [1.54, 1.807) is 30.3 Å². The number of rotatable bonds is 5. The standard InChI is InChI=1S/C21H17FN4O3/c1-13(27)24-17-6-3-7-18(12-17)26-21(29)19-10-14(8-9-23-19)20(28)25-16-5-2-4-15(22)11-16/h2-12H,1H3,(H,24,27)(H,25,28)(H,26,29). The summed E-state index contributed by atoms with van der Waals surface area (Å²) in [7, 11) is 0. The lowest BCUT2D eigenvalue weighted by Crippen LogP contribution is -2.17. The van der Waals surface area contributed by atoms with E-state index in [4.69, 9.17) is 0 Å².